The van der Waals surface area contributed by atoms with Crippen LogP contribution in [0.15, 0.2) is 23.8 Å². The first-order chi connectivity index (χ1) is 15.6. The third-order valence-electron chi connectivity index (χ3n) is 8.20. The first kappa shape index (κ1) is 26.0. The second-order valence-corrected chi connectivity index (χ2v) is 10.9. The average Bonchev–Trinajstić information content (AvgIpc) is 2.78. The molecule has 3 rings (SSSR count). The third-order valence-corrected chi connectivity index (χ3v) is 8.20. The van der Waals surface area contributed by atoms with Gasteiger partial charge in [-0.15, -0.1) is 0 Å². The van der Waals surface area contributed by atoms with Crippen molar-refractivity contribution in [2.45, 2.75) is 97.3 Å². The highest BCUT2D eigenvalue weighted by Gasteiger charge is 2.47. The van der Waals surface area contributed by atoms with Crippen LogP contribution in [0.4, 0.5) is 0 Å². The Hall–Kier alpha value is -1.66. The van der Waals surface area contributed by atoms with Crippen molar-refractivity contribution in [3.8, 4) is 0 Å². The van der Waals surface area contributed by atoms with Gasteiger partial charge in [0.1, 0.15) is 12.8 Å². The summed E-state index contributed by atoms with van der Waals surface area (Å²) in [7, 11) is 1.66. The molecule has 2 aliphatic carbocycles. The molecule has 0 radical (unpaired) electrons. The number of nitrogens with one attached hydrogen (secondary N) is 1. The monoisotopic (exact) mass is 461 g/mol. The van der Waals surface area contributed by atoms with Gasteiger partial charge >= 0.3 is 11.9 Å². The van der Waals surface area contributed by atoms with E-state index in [-0.39, 0.29) is 36.4 Å². The first-order valence-corrected chi connectivity index (χ1v) is 12.7. The summed E-state index contributed by atoms with van der Waals surface area (Å²) in [6.45, 7) is 10.6. The summed E-state index contributed by atoms with van der Waals surface area (Å²) < 4.78 is 16.8. The number of hydrogen-bond donors (Lipinski definition) is 1. The fourth-order valence-electron chi connectivity index (χ4n) is 5.55. The van der Waals surface area contributed by atoms with Crippen molar-refractivity contribution in [2.24, 2.45) is 23.2 Å². The van der Waals surface area contributed by atoms with Gasteiger partial charge in [0.2, 0.25) is 0 Å². The zero-order chi connectivity index (χ0) is 24.2. The lowest BCUT2D eigenvalue weighted by Gasteiger charge is -2.50. The number of fused-ring (bicyclic) bond motifs is 1. The van der Waals surface area contributed by atoms with Crippen molar-refractivity contribution >= 4 is 11.9 Å². The first-order valence-electron chi connectivity index (χ1n) is 12.7. The number of rotatable bonds is 9. The molecule has 1 saturated heterocycles. The number of allylic oxidation sites excluding steroid dienone is 2. The van der Waals surface area contributed by atoms with Gasteiger partial charge < -0.3 is 14.2 Å². The highest BCUT2D eigenvalue weighted by atomic mass is 16.6. The van der Waals surface area contributed by atoms with Crippen molar-refractivity contribution < 1.29 is 23.8 Å². The van der Waals surface area contributed by atoms with Gasteiger partial charge in [-0.1, -0.05) is 39.0 Å². The molecule has 0 aromatic carbocycles. The summed E-state index contributed by atoms with van der Waals surface area (Å²) in [5, 5.41) is 3.69. The molecule has 0 spiro atoms. The smallest absolute Gasteiger partial charge is 0.312 e. The topological polar surface area (TPSA) is 73.9 Å². The van der Waals surface area contributed by atoms with Gasteiger partial charge in [0.05, 0.1) is 17.9 Å². The fourth-order valence-corrected chi connectivity index (χ4v) is 5.55. The summed E-state index contributed by atoms with van der Waals surface area (Å²) in [6, 6.07) is 0. The highest BCUT2D eigenvalue weighted by molar-refractivity contribution is 5.75. The van der Waals surface area contributed by atoms with E-state index < -0.39 is 5.41 Å². The second kappa shape index (κ2) is 10.7. The molecular weight excluding hydrogens is 418 g/mol. The molecular formula is C27H43NO5. The van der Waals surface area contributed by atoms with Crippen LogP contribution in [0.2, 0.25) is 0 Å². The lowest BCUT2D eigenvalue weighted by Crippen LogP contribution is -2.58. The molecule has 6 nitrogen and oxygen atoms in total. The van der Waals surface area contributed by atoms with Crippen LogP contribution in [0.5, 0.6) is 0 Å². The van der Waals surface area contributed by atoms with Crippen molar-refractivity contribution in [1.82, 2.24) is 5.32 Å². The molecule has 0 unspecified atom stereocenters. The minimum Gasteiger partial charge on any atom is -0.462 e. The van der Waals surface area contributed by atoms with Crippen LogP contribution < -0.4 is 5.32 Å². The predicted octanol–water partition coefficient (Wildman–Crippen LogP) is 4.93. The van der Waals surface area contributed by atoms with Gasteiger partial charge in [-0.3, -0.25) is 14.9 Å². The summed E-state index contributed by atoms with van der Waals surface area (Å²) in [5.74, 6) is 0.875. The molecule has 186 valence electrons. The van der Waals surface area contributed by atoms with Gasteiger partial charge in [-0.05, 0) is 69.3 Å². The number of cyclic esters (lactones) is 1. The molecule has 1 N–H and O–H groups in total. The van der Waals surface area contributed by atoms with Crippen LogP contribution in [-0.2, 0) is 23.8 Å². The maximum absolute atomic E-state index is 12.6. The van der Waals surface area contributed by atoms with Crippen molar-refractivity contribution in [3.63, 3.8) is 0 Å². The van der Waals surface area contributed by atoms with E-state index in [1.807, 2.05) is 20.8 Å². The SMILES string of the molecule is CCC(C)(C)C(=O)OCN[C@]12CC[C@@H](C)C=C1C=C[C@H](C)[C@@H]2CC[C@@H]1C[C@@H](OC)CC(=O)O1. The Balaban J connectivity index is 1.75. The minimum absolute atomic E-state index is 0.0562. The number of methoxy groups -OCH3 is 1. The Morgan fingerprint density at radius 1 is 1.30 bits per heavy atom. The third kappa shape index (κ3) is 5.89. The molecule has 0 saturated carbocycles. The Labute approximate surface area is 199 Å². The van der Waals surface area contributed by atoms with E-state index in [9.17, 15) is 9.59 Å². The number of ether oxygens (including phenoxy) is 3. The number of esters is 2. The standard InChI is InChI=1S/C27H43NO5/c1-7-26(4,5)25(30)32-17-28-27-13-12-18(2)14-20(27)9-8-19(3)23(27)11-10-21-15-22(31-6)16-24(29)33-21/h8-9,14,18-19,21-23,28H,7,10-13,15-17H2,1-6H3/t18-,19+,21-,22-,23+,27-/m1/s1. The molecule has 0 aromatic rings. The van der Waals surface area contributed by atoms with Crippen LogP contribution in [0.1, 0.15) is 79.6 Å². The zero-order valence-corrected chi connectivity index (χ0v) is 21.3. The Bertz CT molecular complexity index is 772. The maximum Gasteiger partial charge on any atom is 0.312 e. The van der Waals surface area contributed by atoms with Crippen molar-refractivity contribution in [2.75, 3.05) is 13.8 Å². The summed E-state index contributed by atoms with van der Waals surface area (Å²) in [6.07, 6.45) is 12.4. The highest BCUT2D eigenvalue weighted by Crippen LogP contribution is 2.47. The molecule has 0 bridgehead atoms. The average molecular weight is 462 g/mol. The van der Waals surface area contributed by atoms with Gasteiger partial charge in [0, 0.05) is 19.1 Å². The van der Waals surface area contributed by atoms with Gasteiger partial charge in [-0.25, -0.2) is 0 Å². The molecule has 3 aliphatic rings. The van der Waals surface area contributed by atoms with Crippen molar-refractivity contribution in [1.29, 1.82) is 0 Å². The molecule has 1 heterocycles. The molecule has 0 amide bonds. The molecule has 1 aliphatic heterocycles. The van der Waals surface area contributed by atoms with Crippen LogP contribution in [0.3, 0.4) is 0 Å². The van der Waals surface area contributed by atoms with E-state index >= 15 is 0 Å². The van der Waals surface area contributed by atoms with E-state index in [0.29, 0.717) is 24.2 Å². The van der Waals surface area contributed by atoms with Gasteiger partial charge in [-0.2, -0.15) is 0 Å². The molecule has 33 heavy (non-hydrogen) atoms. The molecule has 0 aromatic heterocycles. The van der Waals surface area contributed by atoms with E-state index in [0.717, 1.165) is 38.5 Å². The Kier molecular flexibility index (Phi) is 8.44. The molecule has 6 heteroatoms. The molecule has 6 atom stereocenters. The van der Waals surface area contributed by atoms with Crippen LogP contribution in [0, 0.1) is 23.2 Å². The van der Waals surface area contributed by atoms with Gasteiger partial charge in [0.15, 0.2) is 0 Å². The van der Waals surface area contributed by atoms with E-state index in [1.54, 1.807) is 7.11 Å². The summed E-state index contributed by atoms with van der Waals surface area (Å²) in [4.78, 5) is 24.6. The van der Waals surface area contributed by atoms with E-state index in [2.05, 4.69) is 37.4 Å². The maximum atomic E-state index is 12.6. The Morgan fingerprint density at radius 3 is 2.76 bits per heavy atom. The van der Waals surface area contributed by atoms with Gasteiger partial charge in [0.25, 0.3) is 0 Å². The normalized spacial score (nSPS) is 34.3. The Morgan fingerprint density at radius 2 is 2.06 bits per heavy atom. The predicted molar refractivity (Wildman–Crippen MR) is 128 cm³/mol. The summed E-state index contributed by atoms with van der Waals surface area (Å²) in [5.41, 5.74) is 0.572. The minimum atomic E-state index is -0.485. The number of carbonyl (C=O) groups excluding carboxylic acids is 2. The van der Waals surface area contributed by atoms with E-state index in [4.69, 9.17) is 14.2 Å². The second-order valence-electron chi connectivity index (χ2n) is 10.9. The van der Waals surface area contributed by atoms with Crippen LogP contribution in [0.25, 0.3) is 0 Å². The van der Waals surface area contributed by atoms with Crippen LogP contribution in [-0.4, -0.2) is 43.5 Å². The zero-order valence-electron chi connectivity index (χ0n) is 21.3. The lowest BCUT2D eigenvalue weighted by molar-refractivity contribution is -0.162. The summed E-state index contributed by atoms with van der Waals surface area (Å²) >= 11 is 0. The fraction of sp³-hybridized carbons (Fsp3) is 0.778. The van der Waals surface area contributed by atoms with E-state index in [1.165, 1.54) is 5.57 Å². The largest absolute Gasteiger partial charge is 0.462 e. The quantitative estimate of drug-likeness (QED) is 0.388. The molecule has 1 fully saturated rings. The lowest BCUT2D eigenvalue weighted by atomic mass is 9.61. The number of carbonyl (C=O) groups is 2. The van der Waals surface area contributed by atoms with Crippen molar-refractivity contribution in [3.05, 3.63) is 23.8 Å². The number of hydrogen-bond acceptors (Lipinski definition) is 6. The van der Waals surface area contributed by atoms with Crippen LogP contribution >= 0.6 is 0 Å².